The average Bonchev–Trinajstić information content (AvgIpc) is 3.07. The van der Waals surface area contributed by atoms with Gasteiger partial charge in [-0.1, -0.05) is 6.07 Å². The number of carbonyl (C=O) groups excluding carboxylic acids is 2. The zero-order valence-electron chi connectivity index (χ0n) is 16.4. The second kappa shape index (κ2) is 7.86. The Morgan fingerprint density at radius 1 is 1.30 bits per heavy atom. The summed E-state index contributed by atoms with van der Waals surface area (Å²) in [6.07, 6.45) is 4.25. The molecule has 0 aliphatic carbocycles. The number of nitrogens with one attached hydrogen (secondary N) is 4. The number of aromatic nitrogens is 2. The average molecular weight is 409 g/mol. The molecule has 4 rings (SSSR count). The van der Waals surface area contributed by atoms with E-state index in [0.29, 0.717) is 46.7 Å². The van der Waals surface area contributed by atoms with E-state index in [1.54, 1.807) is 24.4 Å². The van der Waals surface area contributed by atoms with Gasteiger partial charge in [0, 0.05) is 29.9 Å². The summed E-state index contributed by atoms with van der Waals surface area (Å²) in [6, 6.07) is 6.18. The predicted octanol–water partition coefficient (Wildman–Crippen LogP) is 3.21. The van der Waals surface area contributed by atoms with Crippen LogP contribution in [-0.4, -0.2) is 35.4 Å². The summed E-state index contributed by atoms with van der Waals surface area (Å²) in [4.78, 5) is 31.2. The van der Waals surface area contributed by atoms with E-state index in [0.717, 1.165) is 5.69 Å². The first kappa shape index (κ1) is 19.4. The summed E-state index contributed by atoms with van der Waals surface area (Å²) >= 11 is 0. The van der Waals surface area contributed by atoms with Crippen molar-refractivity contribution in [2.24, 2.45) is 0 Å². The van der Waals surface area contributed by atoms with Gasteiger partial charge in [0.1, 0.15) is 0 Å². The molecule has 30 heavy (non-hydrogen) atoms. The Bertz CT molecular complexity index is 1130. The minimum absolute atomic E-state index is 0.0314. The first-order chi connectivity index (χ1) is 14.5. The van der Waals surface area contributed by atoms with E-state index in [2.05, 4.69) is 25.9 Å². The molecule has 0 saturated heterocycles. The Balaban J connectivity index is 1.92. The van der Waals surface area contributed by atoms with Gasteiger partial charge in [0.05, 0.1) is 41.6 Å². The molecule has 0 fully saturated rings. The summed E-state index contributed by atoms with van der Waals surface area (Å²) < 4.78 is 19.4. The van der Waals surface area contributed by atoms with Crippen molar-refractivity contribution in [2.45, 2.75) is 19.4 Å². The highest BCUT2D eigenvalue weighted by atomic mass is 19.1. The van der Waals surface area contributed by atoms with E-state index in [1.165, 1.54) is 19.4 Å². The Hall–Kier alpha value is -3.88. The minimum atomic E-state index is -0.529. The lowest BCUT2D eigenvalue weighted by Crippen LogP contribution is -2.39. The molecular formula is C21H20FN5O3. The number of pyridine rings is 1. The molecule has 1 atom stereocenters. The monoisotopic (exact) mass is 409 g/mol. The fraction of sp³-hybridized carbons (Fsp3) is 0.190. The summed E-state index contributed by atoms with van der Waals surface area (Å²) in [6.45, 7) is 1.91. The number of benzene rings is 1. The van der Waals surface area contributed by atoms with Gasteiger partial charge < -0.3 is 25.7 Å². The van der Waals surface area contributed by atoms with E-state index in [9.17, 15) is 14.0 Å². The smallest absolute Gasteiger partial charge is 0.255 e. The van der Waals surface area contributed by atoms with Crippen LogP contribution in [0.4, 0.5) is 21.5 Å². The van der Waals surface area contributed by atoms with E-state index in [-0.39, 0.29) is 17.7 Å². The Morgan fingerprint density at radius 3 is 2.90 bits per heavy atom. The molecule has 9 heteroatoms. The molecule has 0 unspecified atom stereocenters. The maximum Gasteiger partial charge on any atom is 0.255 e. The molecule has 0 saturated carbocycles. The molecule has 1 aliphatic rings. The fourth-order valence-electron chi connectivity index (χ4n) is 3.68. The van der Waals surface area contributed by atoms with Gasteiger partial charge in [-0.15, -0.1) is 0 Å². The maximum atomic E-state index is 14.2. The van der Waals surface area contributed by atoms with Crippen LogP contribution >= 0.6 is 0 Å². The molecule has 8 nitrogen and oxygen atoms in total. The van der Waals surface area contributed by atoms with Gasteiger partial charge in [0.25, 0.3) is 5.91 Å². The van der Waals surface area contributed by atoms with Crippen molar-refractivity contribution in [1.82, 2.24) is 15.3 Å². The quantitative estimate of drug-likeness (QED) is 0.468. The van der Waals surface area contributed by atoms with Gasteiger partial charge in [0.2, 0.25) is 6.41 Å². The van der Waals surface area contributed by atoms with Crippen LogP contribution in [0.2, 0.25) is 0 Å². The van der Waals surface area contributed by atoms with Crippen LogP contribution in [0.5, 0.6) is 5.75 Å². The third-order valence-electron chi connectivity index (χ3n) is 4.93. The number of hydrogen-bond donors (Lipinski definition) is 4. The lowest BCUT2D eigenvalue weighted by Gasteiger charge is -2.21. The number of amides is 2. The van der Waals surface area contributed by atoms with Crippen molar-refractivity contribution in [2.75, 3.05) is 17.7 Å². The summed E-state index contributed by atoms with van der Waals surface area (Å²) in [5.41, 5.74) is 3.67. The van der Waals surface area contributed by atoms with Gasteiger partial charge in [0.15, 0.2) is 11.6 Å². The molecule has 0 spiro atoms. The van der Waals surface area contributed by atoms with Crippen molar-refractivity contribution in [3.63, 3.8) is 0 Å². The highest BCUT2D eigenvalue weighted by Crippen LogP contribution is 2.41. The lowest BCUT2D eigenvalue weighted by atomic mass is 10.0. The number of fused-ring (bicyclic) bond motifs is 1. The van der Waals surface area contributed by atoms with Crippen LogP contribution in [0.1, 0.15) is 23.0 Å². The van der Waals surface area contributed by atoms with Gasteiger partial charge >= 0.3 is 0 Å². The number of anilines is 3. The van der Waals surface area contributed by atoms with Crippen LogP contribution in [-0.2, 0) is 11.2 Å². The zero-order chi connectivity index (χ0) is 21.3. The number of aromatic amines is 1. The normalized spacial score (nSPS) is 15.2. The Labute approximate surface area is 171 Å². The van der Waals surface area contributed by atoms with Crippen molar-refractivity contribution >= 4 is 29.4 Å². The van der Waals surface area contributed by atoms with Crippen LogP contribution in [0, 0.1) is 5.82 Å². The van der Waals surface area contributed by atoms with Crippen LogP contribution in [0.25, 0.3) is 11.3 Å². The largest absolute Gasteiger partial charge is 0.492 e. The predicted molar refractivity (Wildman–Crippen MR) is 111 cm³/mol. The molecule has 3 aromatic rings. The number of halogens is 1. The standard InChI is InChI=1S/C21H20FN5O3/c1-11-8-15-17(21(29)25-11)19(26-14-5-3-4-13(22)20(14)30-2)18(27-15)12-6-7-23-9-16(12)24-10-28/h3-7,9-11,26-27H,8H2,1-2H3,(H,24,28)(H,25,29)/t11-/m1/s1. The number of carbonyl (C=O) groups is 2. The number of rotatable bonds is 6. The van der Waals surface area contributed by atoms with Gasteiger partial charge in [-0.3, -0.25) is 14.6 Å². The zero-order valence-corrected chi connectivity index (χ0v) is 16.4. The fourth-order valence-corrected chi connectivity index (χ4v) is 3.68. The third kappa shape index (κ3) is 3.34. The summed E-state index contributed by atoms with van der Waals surface area (Å²) in [7, 11) is 1.38. The highest BCUT2D eigenvalue weighted by molar-refractivity contribution is 6.07. The molecule has 0 bridgehead atoms. The molecule has 3 heterocycles. The molecule has 2 aromatic heterocycles. The third-order valence-corrected chi connectivity index (χ3v) is 4.93. The Morgan fingerprint density at radius 2 is 2.13 bits per heavy atom. The first-order valence-corrected chi connectivity index (χ1v) is 9.33. The number of H-pyrrole nitrogens is 1. The number of nitrogens with zero attached hydrogens (tertiary/aromatic N) is 1. The number of hydrogen-bond acceptors (Lipinski definition) is 5. The topological polar surface area (TPSA) is 108 Å². The van der Waals surface area contributed by atoms with Crippen LogP contribution < -0.4 is 20.7 Å². The number of para-hydroxylation sites is 1. The summed E-state index contributed by atoms with van der Waals surface area (Å²) in [5, 5.41) is 8.70. The van der Waals surface area contributed by atoms with Crippen molar-refractivity contribution in [3.8, 4) is 17.0 Å². The maximum absolute atomic E-state index is 14.2. The van der Waals surface area contributed by atoms with Crippen LogP contribution in [0.15, 0.2) is 36.7 Å². The first-order valence-electron chi connectivity index (χ1n) is 9.33. The summed E-state index contributed by atoms with van der Waals surface area (Å²) in [5.74, 6) is -0.745. The number of methoxy groups -OCH3 is 1. The minimum Gasteiger partial charge on any atom is -0.492 e. The van der Waals surface area contributed by atoms with Gasteiger partial charge in [-0.05, 0) is 25.1 Å². The molecule has 1 aromatic carbocycles. The molecule has 4 N–H and O–H groups in total. The highest BCUT2D eigenvalue weighted by Gasteiger charge is 2.31. The SMILES string of the molecule is COc1c(F)cccc1Nc1c(-c2ccncc2NC=O)[nH]c2c1C(=O)N[C@H](C)C2. The van der Waals surface area contributed by atoms with Crippen LogP contribution in [0.3, 0.4) is 0 Å². The van der Waals surface area contributed by atoms with Gasteiger partial charge in [-0.2, -0.15) is 0 Å². The molecule has 0 radical (unpaired) electrons. The molecule has 2 amide bonds. The van der Waals surface area contributed by atoms with E-state index in [4.69, 9.17) is 4.74 Å². The second-order valence-electron chi connectivity index (χ2n) is 6.94. The molecular weight excluding hydrogens is 389 g/mol. The van der Waals surface area contributed by atoms with Crippen molar-refractivity contribution in [3.05, 3.63) is 53.7 Å². The second-order valence-corrected chi connectivity index (χ2v) is 6.94. The molecule has 1 aliphatic heterocycles. The van der Waals surface area contributed by atoms with Gasteiger partial charge in [-0.25, -0.2) is 4.39 Å². The number of ether oxygens (including phenoxy) is 1. The van der Waals surface area contributed by atoms with E-state index in [1.807, 2.05) is 6.92 Å². The lowest BCUT2D eigenvalue weighted by molar-refractivity contribution is -0.105. The van der Waals surface area contributed by atoms with Crippen molar-refractivity contribution < 1.29 is 18.7 Å². The van der Waals surface area contributed by atoms with Crippen molar-refractivity contribution in [1.29, 1.82) is 0 Å². The Kier molecular flexibility index (Phi) is 5.09. The molecule has 154 valence electrons. The van der Waals surface area contributed by atoms with E-state index >= 15 is 0 Å². The van der Waals surface area contributed by atoms with E-state index < -0.39 is 5.82 Å².